The number of thiophene rings is 1. The Labute approximate surface area is 179 Å². The van der Waals surface area contributed by atoms with Crippen LogP contribution >= 0.6 is 11.3 Å². The first kappa shape index (κ1) is 21.0. The number of sulfonamides is 1. The lowest BCUT2D eigenvalue weighted by Crippen LogP contribution is -2.42. The third kappa shape index (κ3) is 3.87. The molecule has 10 heteroatoms. The smallest absolute Gasteiger partial charge is 0.261 e. The van der Waals surface area contributed by atoms with E-state index in [1.807, 2.05) is 38.1 Å². The van der Waals surface area contributed by atoms with Gasteiger partial charge in [0.15, 0.2) is 0 Å². The minimum absolute atomic E-state index is 0.00899. The van der Waals surface area contributed by atoms with Crippen molar-refractivity contribution in [1.29, 1.82) is 0 Å². The Hall–Kier alpha value is -2.27. The molecule has 0 aliphatic carbocycles. The first-order valence-electron chi connectivity index (χ1n) is 9.70. The van der Waals surface area contributed by atoms with E-state index >= 15 is 0 Å². The van der Waals surface area contributed by atoms with Crippen molar-refractivity contribution in [2.75, 3.05) is 19.7 Å². The lowest BCUT2D eigenvalue weighted by Gasteiger charge is -2.32. The lowest BCUT2D eigenvalue weighted by molar-refractivity contribution is -0.00193. The van der Waals surface area contributed by atoms with E-state index in [1.54, 1.807) is 7.05 Å². The number of amides is 1. The van der Waals surface area contributed by atoms with Gasteiger partial charge < -0.3 is 10.1 Å². The molecule has 1 N–H and O–H groups in total. The van der Waals surface area contributed by atoms with Gasteiger partial charge in [0.1, 0.15) is 4.90 Å². The summed E-state index contributed by atoms with van der Waals surface area (Å²) >= 11 is 1.40. The molecule has 0 saturated carbocycles. The maximum Gasteiger partial charge on any atom is 0.261 e. The molecule has 1 saturated heterocycles. The summed E-state index contributed by atoms with van der Waals surface area (Å²) in [6.07, 6.45) is 2.30. The fourth-order valence-corrected chi connectivity index (χ4v) is 6.15. The average molecular weight is 449 g/mol. The summed E-state index contributed by atoms with van der Waals surface area (Å²) in [5.74, 6) is -0.169. The molecule has 0 unspecified atom stereocenters. The first-order valence-corrected chi connectivity index (χ1v) is 12.0. The molecule has 2 aromatic heterocycles. The van der Waals surface area contributed by atoms with Crippen LogP contribution in [-0.2, 0) is 21.8 Å². The predicted molar refractivity (Wildman–Crippen MR) is 115 cm³/mol. The van der Waals surface area contributed by atoms with Gasteiger partial charge in [0.05, 0.1) is 23.8 Å². The molecule has 8 nitrogen and oxygen atoms in total. The topological polar surface area (TPSA) is 93.5 Å². The third-order valence-electron chi connectivity index (χ3n) is 4.93. The highest BCUT2D eigenvalue weighted by atomic mass is 32.2. The van der Waals surface area contributed by atoms with Crippen LogP contribution in [-0.4, -0.2) is 54.1 Å². The van der Waals surface area contributed by atoms with Gasteiger partial charge in [0, 0.05) is 42.6 Å². The number of rotatable bonds is 5. The van der Waals surface area contributed by atoms with Crippen LogP contribution in [0.1, 0.15) is 35.2 Å². The van der Waals surface area contributed by atoms with E-state index in [-0.39, 0.29) is 36.5 Å². The zero-order valence-corrected chi connectivity index (χ0v) is 18.7. The second kappa shape index (κ2) is 8.10. The number of carbonyl (C=O) groups excluding carboxylic acids is 1. The van der Waals surface area contributed by atoms with Gasteiger partial charge in [-0.1, -0.05) is 18.2 Å². The monoisotopic (exact) mass is 448 g/mol. The molecule has 0 spiro atoms. The summed E-state index contributed by atoms with van der Waals surface area (Å²) in [7, 11) is -2.02. The largest absolute Gasteiger partial charge is 0.371 e. The molecule has 3 aromatic rings. The Morgan fingerprint density at radius 1 is 1.33 bits per heavy atom. The number of carbonyl (C=O) groups is 1. The SMILES string of the molecule is CC(C)NC(=O)c1sc2ccccc2c1[C@H]1CN(S(=O)(=O)c2cnn(C)c2)CCO1. The van der Waals surface area contributed by atoms with Gasteiger partial charge in [-0.25, -0.2) is 8.42 Å². The van der Waals surface area contributed by atoms with Crippen LogP contribution in [0, 0.1) is 0 Å². The fourth-order valence-electron chi connectivity index (χ4n) is 3.58. The zero-order valence-electron chi connectivity index (χ0n) is 17.0. The van der Waals surface area contributed by atoms with Gasteiger partial charge in [-0.15, -0.1) is 11.3 Å². The fraction of sp³-hybridized carbons (Fsp3) is 0.400. The lowest BCUT2D eigenvalue weighted by atomic mass is 10.0. The summed E-state index contributed by atoms with van der Waals surface area (Å²) in [6.45, 7) is 4.46. The molecule has 0 radical (unpaired) electrons. The Kier molecular flexibility index (Phi) is 5.67. The van der Waals surface area contributed by atoms with Crippen LogP contribution in [0.2, 0.25) is 0 Å². The van der Waals surface area contributed by atoms with Crippen molar-refractivity contribution in [3.63, 3.8) is 0 Å². The summed E-state index contributed by atoms with van der Waals surface area (Å²) in [5, 5.41) is 7.84. The summed E-state index contributed by atoms with van der Waals surface area (Å²) in [4.78, 5) is 13.6. The molecule has 160 valence electrons. The van der Waals surface area contributed by atoms with Crippen molar-refractivity contribution in [3.8, 4) is 0 Å². The van der Waals surface area contributed by atoms with Crippen molar-refractivity contribution in [2.24, 2.45) is 7.05 Å². The molecule has 1 atom stereocenters. The Bertz CT molecular complexity index is 1180. The molecule has 1 fully saturated rings. The molecule has 30 heavy (non-hydrogen) atoms. The molecular formula is C20H24N4O4S2. The zero-order chi connectivity index (χ0) is 21.5. The standard InChI is InChI=1S/C20H24N4O4S2/c1-13(2)22-20(25)19-18(15-6-4-5-7-17(15)29-19)16-12-24(8-9-28-16)30(26,27)14-10-21-23(3)11-14/h4-7,10-11,13,16H,8-9,12H2,1-3H3,(H,22,25)/t16-/m1/s1. The van der Waals surface area contributed by atoms with Crippen molar-refractivity contribution >= 4 is 37.4 Å². The van der Waals surface area contributed by atoms with Crippen LogP contribution in [0.25, 0.3) is 10.1 Å². The highest BCUT2D eigenvalue weighted by molar-refractivity contribution is 7.89. The molecule has 1 amide bonds. The third-order valence-corrected chi connectivity index (χ3v) is 7.93. The van der Waals surface area contributed by atoms with Crippen LogP contribution < -0.4 is 5.32 Å². The molecule has 0 bridgehead atoms. The number of morpholine rings is 1. The predicted octanol–water partition coefficient (Wildman–Crippen LogP) is 2.54. The second-order valence-electron chi connectivity index (χ2n) is 7.54. The molecule has 1 aliphatic heterocycles. The molecule has 4 rings (SSSR count). The number of ether oxygens (including phenoxy) is 1. The van der Waals surface area contributed by atoms with E-state index < -0.39 is 16.1 Å². The Morgan fingerprint density at radius 2 is 2.10 bits per heavy atom. The normalized spacial score (nSPS) is 18.2. The van der Waals surface area contributed by atoms with Gasteiger partial charge in [-0.3, -0.25) is 9.48 Å². The maximum atomic E-state index is 13.1. The van der Waals surface area contributed by atoms with Crippen molar-refractivity contribution in [3.05, 3.63) is 47.1 Å². The van der Waals surface area contributed by atoms with Crippen molar-refractivity contribution in [1.82, 2.24) is 19.4 Å². The number of nitrogens with one attached hydrogen (secondary N) is 1. The number of benzene rings is 1. The van der Waals surface area contributed by atoms with Crippen LogP contribution in [0.15, 0.2) is 41.6 Å². The van der Waals surface area contributed by atoms with E-state index in [1.165, 1.54) is 32.7 Å². The maximum absolute atomic E-state index is 13.1. The number of hydrogen-bond acceptors (Lipinski definition) is 6. The Morgan fingerprint density at radius 3 is 2.80 bits per heavy atom. The minimum Gasteiger partial charge on any atom is -0.371 e. The van der Waals surface area contributed by atoms with E-state index in [4.69, 9.17) is 4.74 Å². The number of fused-ring (bicyclic) bond motifs is 1. The molecule has 3 heterocycles. The van der Waals surface area contributed by atoms with Crippen LogP contribution in [0.4, 0.5) is 0 Å². The molecular weight excluding hydrogens is 424 g/mol. The van der Waals surface area contributed by atoms with Gasteiger partial charge >= 0.3 is 0 Å². The number of aryl methyl sites for hydroxylation is 1. The summed E-state index contributed by atoms with van der Waals surface area (Å²) in [6, 6.07) is 7.74. The van der Waals surface area contributed by atoms with Crippen LogP contribution in [0.3, 0.4) is 0 Å². The average Bonchev–Trinajstić information content (AvgIpc) is 3.32. The van der Waals surface area contributed by atoms with Crippen molar-refractivity contribution in [2.45, 2.75) is 30.9 Å². The van der Waals surface area contributed by atoms with Gasteiger partial charge in [0.25, 0.3) is 5.91 Å². The quantitative estimate of drug-likeness (QED) is 0.647. The van der Waals surface area contributed by atoms with Gasteiger partial charge in [0.2, 0.25) is 10.0 Å². The summed E-state index contributed by atoms with van der Waals surface area (Å²) in [5.41, 5.74) is 0.750. The second-order valence-corrected chi connectivity index (χ2v) is 10.5. The van der Waals surface area contributed by atoms with E-state index in [9.17, 15) is 13.2 Å². The highest BCUT2D eigenvalue weighted by Crippen LogP contribution is 2.39. The highest BCUT2D eigenvalue weighted by Gasteiger charge is 2.35. The molecule has 1 aromatic carbocycles. The number of aromatic nitrogens is 2. The first-order chi connectivity index (χ1) is 14.3. The molecule has 1 aliphatic rings. The minimum atomic E-state index is -3.70. The van der Waals surface area contributed by atoms with E-state index in [0.717, 1.165) is 15.6 Å². The van der Waals surface area contributed by atoms with E-state index in [0.29, 0.717) is 4.88 Å². The van der Waals surface area contributed by atoms with Crippen LogP contribution in [0.5, 0.6) is 0 Å². The van der Waals surface area contributed by atoms with Gasteiger partial charge in [-0.2, -0.15) is 9.40 Å². The number of hydrogen-bond donors (Lipinski definition) is 1. The van der Waals surface area contributed by atoms with Gasteiger partial charge in [-0.05, 0) is 25.3 Å². The van der Waals surface area contributed by atoms with E-state index in [2.05, 4.69) is 10.4 Å². The van der Waals surface area contributed by atoms with Crippen molar-refractivity contribution < 1.29 is 17.9 Å². The number of nitrogens with zero attached hydrogens (tertiary/aromatic N) is 3. The Balaban J connectivity index is 1.72. The summed E-state index contributed by atoms with van der Waals surface area (Å²) < 4.78 is 36.0.